The summed E-state index contributed by atoms with van der Waals surface area (Å²) in [5.41, 5.74) is 10.8. The van der Waals surface area contributed by atoms with Crippen LogP contribution < -0.4 is 16.8 Å². The number of hydrogen-bond acceptors (Lipinski definition) is 36. The number of thioether (sulfide) groups is 4. The van der Waals surface area contributed by atoms with Crippen LogP contribution in [0, 0.1) is 0 Å². The lowest BCUT2D eigenvalue weighted by Gasteiger charge is -2.45. The van der Waals surface area contributed by atoms with Crippen molar-refractivity contribution in [1.29, 1.82) is 0 Å². The zero-order chi connectivity index (χ0) is 72.4. The first-order chi connectivity index (χ1) is 46.4. The first kappa shape index (κ1) is 90.2. The third-order valence-electron chi connectivity index (χ3n) is 15.1. The Kier molecular flexibility index (Phi) is 48.4. The number of nitrogens with two attached hydrogens (primary N) is 2. The fourth-order valence-electron chi connectivity index (χ4n) is 9.90. The first-order valence-electron chi connectivity index (χ1n) is 31.5. The molecule has 4 rings (SSSR count). The molecule has 20 atom stereocenters. The lowest BCUT2D eigenvalue weighted by atomic mass is 9.96. The monoisotopic (exact) mass is 1480 g/mol. The van der Waals surface area contributed by atoms with Gasteiger partial charge in [0.15, 0.2) is 18.9 Å². The van der Waals surface area contributed by atoms with Gasteiger partial charge in [0.25, 0.3) is 0 Å². The Hall–Kier alpha value is -2.92. The number of hydrogen-bond donors (Lipinski definition) is 15. The third-order valence-corrected chi connectivity index (χ3v) is 19.5. The summed E-state index contributed by atoms with van der Waals surface area (Å²) >= 11 is 5.78. The van der Waals surface area contributed by atoms with Gasteiger partial charge in [-0.25, -0.2) is 0 Å². The highest BCUT2D eigenvalue weighted by Crippen LogP contribution is 2.32. The van der Waals surface area contributed by atoms with Crippen LogP contribution >= 0.6 is 47.0 Å². The summed E-state index contributed by atoms with van der Waals surface area (Å²) < 4.78 is 59.8. The van der Waals surface area contributed by atoms with E-state index in [9.17, 15) is 70.6 Å². The minimum atomic E-state index is -1.60. The van der Waals surface area contributed by atoms with E-state index >= 15 is 0 Å². The van der Waals surface area contributed by atoms with Crippen LogP contribution in [0.5, 0.6) is 0 Å². The molecule has 0 saturated carbocycles. The predicted molar refractivity (Wildman–Crippen MR) is 348 cm³/mol. The number of aliphatic hydroxyl groups excluding tert-OH is 10. The van der Waals surface area contributed by atoms with Crippen molar-refractivity contribution in [2.45, 2.75) is 155 Å². The summed E-state index contributed by atoms with van der Waals surface area (Å²) in [6.07, 6.45) is -22.8. The maximum atomic E-state index is 12.7. The lowest BCUT2D eigenvalue weighted by Crippen LogP contribution is -2.63. The summed E-state index contributed by atoms with van der Waals surface area (Å²) in [6.45, 7) is 3.25. The normalized spacial score (nSPS) is 30.6. The second-order valence-corrected chi connectivity index (χ2v) is 27.3. The number of rotatable bonds is 47. The summed E-state index contributed by atoms with van der Waals surface area (Å²) in [7, 11) is 4.87. The molecule has 40 heteroatoms. The average molecular weight is 1480 g/mol. The molecule has 4 fully saturated rings. The van der Waals surface area contributed by atoms with Crippen molar-refractivity contribution in [1.82, 2.24) is 20.0 Å². The molecule has 4 saturated heterocycles. The highest BCUT2D eigenvalue weighted by molar-refractivity contribution is 8.00. The van der Waals surface area contributed by atoms with Crippen molar-refractivity contribution in [3.63, 3.8) is 0 Å². The number of aliphatic carboxylic acids is 2. The van der Waals surface area contributed by atoms with E-state index in [1.807, 2.05) is 11.9 Å². The van der Waals surface area contributed by atoms with Crippen LogP contribution in [-0.2, 0) is 80.9 Å². The molecule has 17 N–H and O–H groups in total. The van der Waals surface area contributed by atoms with Gasteiger partial charge in [-0.3, -0.25) is 29.2 Å². The SMILES string of the molecule is CCC1O[C@H](OCC2O[C@H](OCC3O[C@H](OC)[C@@H](OCCCSCCNC(=O)CN(CCN(C)CCN(C)CC(=O)O)CC(=O)O)C(O)[C@@H]3O)[C@@H](OCCCSCCN)C(O)[C@@H]2O)[C@@H](OCCCSCCN=C(N)CS[C@H]2OC(CO)[C@@H](O)[C@@H](O)C2O)C(O)[C@@H]1O.O=C=O.O=C=O. The van der Waals surface area contributed by atoms with Crippen molar-refractivity contribution in [2.24, 2.45) is 16.5 Å². The van der Waals surface area contributed by atoms with Gasteiger partial charge in [-0.05, 0) is 57.0 Å². The highest BCUT2D eigenvalue weighted by atomic mass is 32.2. The van der Waals surface area contributed by atoms with E-state index in [0.29, 0.717) is 100 Å². The van der Waals surface area contributed by atoms with Gasteiger partial charge in [-0.2, -0.15) is 54.5 Å². The van der Waals surface area contributed by atoms with Crippen molar-refractivity contribution in [3.8, 4) is 0 Å². The molecule has 0 aliphatic carbocycles. The van der Waals surface area contributed by atoms with Crippen molar-refractivity contribution in [2.75, 3.05) is 167 Å². The van der Waals surface area contributed by atoms with Crippen LogP contribution in [0.15, 0.2) is 4.99 Å². The zero-order valence-corrected chi connectivity index (χ0v) is 58.3. The second kappa shape index (κ2) is 52.1. The molecule has 564 valence electrons. The largest absolute Gasteiger partial charge is 0.480 e. The van der Waals surface area contributed by atoms with Crippen molar-refractivity contribution >= 4 is 83.0 Å². The maximum Gasteiger partial charge on any atom is 0.373 e. The Morgan fingerprint density at radius 1 is 0.557 bits per heavy atom. The molecule has 0 aromatic heterocycles. The van der Waals surface area contributed by atoms with E-state index < -0.39 is 154 Å². The molecule has 4 heterocycles. The molecule has 1 amide bonds. The smallest absolute Gasteiger partial charge is 0.373 e. The molecule has 0 spiro atoms. The molecule has 97 heavy (non-hydrogen) atoms. The zero-order valence-electron chi connectivity index (χ0n) is 55.0. The molecule has 36 nitrogen and oxygen atoms in total. The van der Waals surface area contributed by atoms with Gasteiger partial charge in [0.2, 0.25) is 5.91 Å². The van der Waals surface area contributed by atoms with E-state index in [1.54, 1.807) is 42.4 Å². The number of aliphatic hydroxyl groups is 10. The van der Waals surface area contributed by atoms with Gasteiger partial charge in [-0.15, -0.1) is 11.8 Å². The van der Waals surface area contributed by atoms with Crippen LogP contribution in [-0.4, -0.2) is 400 Å². The van der Waals surface area contributed by atoms with E-state index in [2.05, 4.69) is 10.3 Å². The summed E-state index contributed by atoms with van der Waals surface area (Å²) in [4.78, 5) is 77.1. The number of nitrogens with one attached hydrogen (secondary N) is 1. The van der Waals surface area contributed by atoms with Crippen molar-refractivity contribution in [3.05, 3.63) is 0 Å². The number of ether oxygens (including phenoxy) is 10. The number of carbonyl (C=O) groups excluding carboxylic acids is 5. The van der Waals surface area contributed by atoms with Crippen LogP contribution in [0.4, 0.5) is 0 Å². The number of likely N-dealkylation sites (N-methyl/N-ethyl adjacent to an activating group) is 2. The summed E-state index contributed by atoms with van der Waals surface area (Å²) in [5, 5.41) is 129. The Labute approximate surface area is 580 Å². The number of carbonyl (C=O) groups is 3. The topological polar surface area (TPSA) is 541 Å². The number of methoxy groups -OCH3 is 1. The minimum Gasteiger partial charge on any atom is -0.480 e. The van der Waals surface area contributed by atoms with E-state index in [-0.39, 0.29) is 69.3 Å². The van der Waals surface area contributed by atoms with Gasteiger partial charge < -0.3 is 130 Å². The number of amidine groups is 1. The van der Waals surface area contributed by atoms with Crippen LogP contribution in [0.25, 0.3) is 0 Å². The first-order valence-corrected chi connectivity index (χ1v) is 36.0. The predicted octanol–water partition coefficient (Wildman–Crippen LogP) is -6.93. The average Bonchev–Trinajstić information content (AvgIpc) is 0.840. The van der Waals surface area contributed by atoms with Crippen LogP contribution in [0.2, 0.25) is 0 Å². The lowest BCUT2D eigenvalue weighted by molar-refractivity contribution is -0.347. The van der Waals surface area contributed by atoms with Crippen LogP contribution in [0.1, 0.15) is 32.6 Å². The molecule has 4 aliphatic heterocycles. The van der Waals surface area contributed by atoms with Gasteiger partial charge in [0.05, 0.1) is 51.3 Å². The molecular formula is C57H103N7O29S4. The maximum absolute atomic E-state index is 12.7. The summed E-state index contributed by atoms with van der Waals surface area (Å²) in [5.74, 6) is 1.88. The molecule has 0 radical (unpaired) electrons. The summed E-state index contributed by atoms with van der Waals surface area (Å²) in [6, 6.07) is 0. The Balaban J connectivity index is 0.00000513. The molecule has 0 bridgehead atoms. The number of nitrogens with zero attached hydrogens (tertiary/aromatic N) is 4. The Morgan fingerprint density at radius 2 is 1.01 bits per heavy atom. The van der Waals surface area contributed by atoms with Gasteiger partial charge >= 0.3 is 24.2 Å². The van der Waals surface area contributed by atoms with E-state index in [0.717, 1.165) is 17.5 Å². The van der Waals surface area contributed by atoms with E-state index in [4.69, 9.17) is 83.1 Å². The second-order valence-electron chi connectivity index (χ2n) is 22.5. The third kappa shape index (κ3) is 34.3. The Bertz CT molecular complexity index is 2240. The minimum absolute atomic E-state index is 0.0979. The number of carboxylic acids is 2. The van der Waals surface area contributed by atoms with Crippen LogP contribution in [0.3, 0.4) is 0 Å². The molecule has 0 aromatic rings. The molecule has 0 aromatic carbocycles. The van der Waals surface area contributed by atoms with Crippen molar-refractivity contribution < 1.29 is 142 Å². The molecular weight excluding hydrogens is 1370 g/mol. The molecule has 8 unspecified atom stereocenters. The number of aliphatic imine (C=N–C) groups is 1. The van der Waals surface area contributed by atoms with Gasteiger partial charge in [0.1, 0.15) is 103 Å². The number of amides is 1. The standard InChI is InChI=1S/C55H103N7O25S4.2CO2/c1-5-32-40(69)45(74)50(80-18-8-20-89-23-10-58-36(57)31-91-55-48(77)44(73)41(70)33(28-63)87-55)53(84-32)82-30-35-43(72)47(76)51(81-17-6-19-88-22-9-56)54(86-35)83-29-34-42(71)46(75)49(52(78-4)85-34)79-16-7-21-90-24-11-59-37(64)25-62(27-39(67)68)15-14-60(2)12-13-61(3)26-38(65)66;2*2-1-3/h32-35,40-55,63,69-77H,5-31,56H2,1-4H3,(H2,57,58)(H,59,64)(H,65,66)(H,67,68);;/t32?,33?,34?,35?,40-,41-,42-,43-,44-,45?,46?,47?,48?,49+,50+,51+,52+,53+,54+,55-;;/m1../s1. The number of carboxylic acid groups (broad SMARTS) is 2. The quantitative estimate of drug-likeness (QED) is 0.0153. The fraction of sp³-hybridized carbons (Fsp3) is 0.895. The molecule has 4 aliphatic rings. The van der Waals surface area contributed by atoms with Gasteiger partial charge in [-0.1, -0.05) is 6.92 Å². The van der Waals surface area contributed by atoms with Gasteiger partial charge in [0, 0.05) is 90.0 Å². The highest BCUT2D eigenvalue weighted by Gasteiger charge is 2.51. The van der Waals surface area contributed by atoms with E-state index in [1.165, 1.54) is 23.8 Å². The Morgan fingerprint density at radius 3 is 1.51 bits per heavy atom. The fourth-order valence-corrected chi connectivity index (χ4v) is 13.1.